The first-order chi connectivity index (χ1) is 10.3. The fraction of sp³-hybridized carbons (Fsp3) is 0. The minimum Gasteiger partial charge on any atom is -0.338 e. The van der Waals surface area contributed by atoms with E-state index in [-0.39, 0.29) is 18.3 Å². The van der Waals surface area contributed by atoms with Gasteiger partial charge in [0, 0.05) is 0 Å². The number of hydrogen-bond acceptors (Lipinski definition) is 3. The highest BCUT2D eigenvalue weighted by Gasteiger charge is 2.23. The Morgan fingerprint density at radius 3 is 2.23 bits per heavy atom. The maximum atomic E-state index is 12.3. The Labute approximate surface area is 133 Å². The average Bonchev–Trinajstić information content (AvgIpc) is 2.88. The number of fused-ring (bicyclic) bond motifs is 2. The monoisotopic (exact) mass is 312 g/mol. The highest BCUT2D eigenvalue weighted by molar-refractivity contribution is 6.11. The van der Waals surface area contributed by atoms with Gasteiger partial charge in [-0.3, -0.25) is 4.79 Å². The Morgan fingerprint density at radius 1 is 0.864 bits per heavy atom. The standard InChI is InChI=1S/C16H12N4O.ClH/c21-16-12-10-17-20(11-6-2-1-3-7-11)15(12)18-13-8-4-5-9-14(13)19-16;/h1-10,18H,(H,19,21);1H. The number of benzene rings is 2. The molecule has 1 aromatic heterocycles. The molecule has 0 saturated carbocycles. The third kappa shape index (κ3) is 2.21. The normalized spacial score (nSPS) is 12.1. The Bertz CT molecular complexity index is 829. The molecule has 3 aromatic rings. The van der Waals surface area contributed by atoms with E-state index in [9.17, 15) is 4.79 Å². The molecule has 0 atom stereocenters. The number of anilines is 3. The van der Waals surface area contributed by atoms with Gasteiger partial charge in [0.2, 0.25) is 0 Å². The van der Waals surface area contributed by atoms with Crippen LogP contribution in [-0.4, -0.2) is 15.7 Å². The number of para-hydroxylation sites is 3. The molecule has 1 aliphatic rings. The summed E-state index contributed by atoms with van der Waals surface area (Å²) in [6, 6.07) is 17.3. The van der Waals surface area contributed by atoms with Crippen molar-refractivity contribution < 1.29 is 4.79 Å². The minimum absolute atomic E-state index is 0. The maximum Gasteiger partial charge on any atom is 0.261 e. The van der Waals surface area contributed by atoms with Gasteiger partial charge in [-0.25, -0.2) is 4.68 Å². The highest BCUT2D eigenvalue weighted by atomic mass is 35.5. The van der Waals surface area contributed by atoms with Crippen LogP contribution in [-0.2, 0) is 0 Å². The summed E-state index contributed by atoms with van der Waals surface area (Å²) >= 11 is 0. The second-order valence-electron chi connectivity index (χ2n) is 4.78. The van der Waals surface area contributed by atoms with E-state index in [1.54, 1.807) is 10.9 Å². The number of nitrogens with one attached hydrogen (secondary N) is 2. The van der Waals surface area contributed by atoms with Crippen molar-refractivity contribution in [1.82, 2.24) is 9.78 Å². The van der Waals surface area contributed by atoms with Crippen LogP contribution in [0, 0.1) is 0 Å². The van der Waals surface area contributed by atoms with Gasteiger partial charge in [-0.05, 0) is 24.3 Å². The molecule has 2 N–H and O–H groups in total. The second-order valence-corrected chi connectivity index (χ2v) is 4.78. The molecular formula is C16H13ClN4O. The van der Waals surface area contributed by atoms with Crippen LogP contribution in [0.4, 0.5) is 17.2 Å². The molecule has 5 nitrogen and oxygen atoms in total. The van der Waals surface area contributed by atoms with Gasteiger partial charge in [0.05, 0.1) is 23.3 Å². The molecule has 22 heavy (non-hydrogen) atoms. The molecule has 1 amide bonds. The van der Waals surface area contributed by atoms with Gasteiger partial charge in [0.1, 0.15) is 11.4 Å². The zero-order valence-corrected chi connectivity index (χ0v) is 12.3. The minimum atomic E-state index is -0.162. The van der Waals surface area contributed by atoms with Crippen LogP contribution in [0.3, 0.4) is 0 Å². The lowest BCUT2D eigenvalue weighted by Crippen LogP contribution is -2.09. The van der Waals surface area contributed by atoms with Crippen molar-refractivity contribution in [3.63, 3.8) is 0 Å². The van der Waals surface area contributed by atoms with Crippen molar-refractivity contribution in [2.24, 2.45) is 0 Å². The third-order valence-electron chi connectivity index (χ3n) is 3.44. The van der Waals surface area contributed by atoms with Crippen LogP contribution < -0.4 is 10.6 Å². The lowest BCUT2D eigenvalue weighted by Gasteiger charge is -2.10. The molecule has 6 heteroatoms. The van der Waals surface area contributed by atoms with E-state index in [0.717, 1.165) is 17.1 Å². The topological polar surface area (TPSA) is 59.0 Å². The van der Waals surface area contributed by atoms with Crippen molar-refractivity contribution >= 4 is 35.5 Å². The summed E-state index contributed by atoms with van der Waals surface area (Å²) in [5.74, 6) is 0.508. The Balaban J connectivity index is 0.00000144. The fourth-order valence-corrected chi connectivity index (χ4v) is 2.42. The number of hydrogen-bond donors (Lipinski definition) is 2. The van der Waals surface area contributed by atoms with E-state index >= 15 is 0 Å². The first-order valence-corrected chi connectivity index (χ1v) is 6.64. The van der Waals surface area contributed by atoms with Crippen molar-refractivity contribution in [2.75, 3.05) is 10.6 Å². The number of halogens is 1. The molecule has 2 heterocycles. The fourth-order valence-electron chi connectivity index (χ4n) is 2.42. The number of aromatic nitrogens is 2. The molecule has 0 spiro atoms. The van der Waals surface area contributed by atoms with Gasteiger partial charge in [-0.2, -0.15) is 5.10 Å². The number of carbonyl (C=O) groups is 1. The van der Waals surface area contributed by atoms with E-state index in [4.69, 9.17) is 0 Å². The average molecular weight is 313 g/mol. The predicted octanol–water partition coefficient (Wildman–Crippen LogP) is 3.60. The lowest BCUT2D eigenvalue weighted by atomic mass is 10.2. The molecular weight excluding hydrogens is 300 g/mol. The first-order valence-electron chi connectivity index (χ1n) is 6.64. The quantitative estimate of drug-likeness (QED) is 0.721. The highest BCUT2D eigenvalue weighted by Crippen LogP contribution is 2.32. The summed E-state index contributed by atoms with van der Waals surface area (Å²) in [5.41, 5.74) is 3.04. The summed E-state index contributed by atoms with van der Waals surface area (Å²) < 4.78 is 1.73. The summed E-state index contributed by atoms with van der Waals surface area (Å²) in [7, 11) is 0. The second kappa shape index (κ2) is 5.54. The molecule has 0 fully saturated rings. The van der Waals surface area contributed by atoms with Gasteiger partial charge in [-0.15, -0.1) is 12.4 Å². The molecule has 1 aliphatic heterocycles. The Morgan fingerprint density at radius 2 is 1.50 bits per heavy atom. The summed E-state index contributed by atoms with van der Waals surface area (Å²) in [5, 5.41) is 10.5. The molecule has 0 radical (unpaired) electrons. The molecule has 0 bridgehead atoms. The van der Waals surface area contributed by atoms with E-state index in [2.05, 4.69) is 15.7 Å². The number of amides is 1. The van der Waals surface area contributed by atoms with Crippen LogP contribution in [0.25, 0.3) is 5.69 Å². The van der Waals surface area contributed by atoms with E-state index in [0.29, 0.717) is 11.4 Å². The largest absolute Gasteiger partial charge is 0.338 e. The molecule has 4 rings (SSSR count). The molecule has 0 saturated heterocycles. The van der Waals surface area contributed by atoms with Crippen LogP contribution in [0.5, 0.6) is 0 Å². The van der Waals surface area contributed by atoms with E-state index in [1.807, 2.05) is 54.6 Å². The van der Waals surface area contributed by atoms with Crippen molar-refractivity contribution in [3.8, 4) is 5.69 Å². The number of nitrogens with zero attached hydrogens (tertiary/aromatic N) is 2. The smallest absolute Gasteiger partial charge is 0.261 e. The first kappa shape index (κ1) is 14.2. The lowest BCUT2D eigenvalue weighted by molar-refractivity contribution is 0.102. The Hall–Kier alpha value is -2.79. The van der Waals surface area contributed by atoms with Crippen molar-refractivity contribution in [1.29, 1.82) is 0 Å². The van der Waals surface area contributed by atoms with Crippen LogP contribution in [0.15, 0.2) is 60.8 Å². The maximum absolute atomic E-state index is 12.3. The zero-order chi connectivity index (χ0) is 14.2. The van der Waals surface area contributed by atoms with Gasteiger partial charge in [0.15, 0.2) is 0 Å². The predicted molar refractivity (Wildman–Crippen MR) is 88.5 cm³/mol. The van der Waals surface area contributed by atoms with Gasteiger partial charge in [-0.1, -0.05) is 30.3 Å². The van der Waals surface area contributed by atoms with Crippen molar-refractivity contribution in [3.05, 3.63) is 66.4 Å². The summed E-state index contributed by atoms with van der Waals surface area (Å²) in [4.78, 5) is 12.3. The molecule has 110 valence electrons. The van der Waals surface area contributed by atoms with Crippen LogP contribution in [0.2, 0.25) is 0 Å². The van der Waals surface area contributed by atoms with Gasteiger partial charge < -0.3 is 10.6 Å². The summed E-state index contributed by atoms with van der Waals surface area (Å²) in [6.45, 7) is 0. The van der Waals surface area contributed by atoms with Gasteiger partial charge in [0.25, 0.3) is 5.91 Å². The van der Waals surface area contributed by atoms with Gasteiger partial charge >= 0.3 is 0 Å². The zero-order valence-electron chi connectivity index (χ0n) is 11.5. The van der Waals surface area contributed by atoms with Crippen LogP contribution >= 0.6 is 12.4 Å². The number of carbonyl (C=O) groups excluding carboxylic acids is 1. The Kier molecular flexibility index (Phi) is 3.56. The SMILES string of the molecule is Cl.O=C1Nc2ccccc2Nc2c1cnn2-c1ccccc1. The van der Waals surface area contributed by atoms with E-state index < -0.39 is 0 Å². The molecule has 0 aliphatic carbocycles. The molecule has 0 unspecified atom stereocenters. The van der Waals surface area contributed by atoms with E-state index in [1.165, 1.54) is 0 Å². The molecule has 2 aromatic carbocycles. The van der Waals surface area contributed by atoms with Crippen molar-refractivity contribution in [2.45, 2.75) is 0 Å². The third-order valence-corrected chi connectivity index (χ3v) is 3.44. The number of rotatable bonds is 1. The van der Waals surface area contributed by atoms with Crippen LogP contribution in [0.1, 0.15) is 10.4 Å². The summed E-state index contributed by atoms with van der Waals surface area (Å²) in [6.07, 6.45) is 1.58.